The Bertz CT molecular complexity index is 2500. The number of halogens is 5. The molecule has 0 N–H and O–H groups in total. The van der Waals surface area contributed by atoms with Crippen molar-refractivity contribution in [2.75, 3.05) is 0 Å². The Labute approximate surface area is 260 Å². The smallest absolute Gasteiger partial charge is 0.307 e. The zero-order valence-electron chi connectivity index (χ0n) is 24.8. The minimum absolute atomic E-state index is 0.230. The third-order valence-electron chi connectivity index (χ3n) is 8.79. The van der Waals surface area contributed by atoms with Crippen LogP contribution in [0.15, 0.2) is 115 Å². The highest BCUT2D eigenvalue weighted by Crippen LogP contribution is 2.45. The van der Waals surface area contributed by atoms with Gasteiger partial charge in [0.25, 0.3) is 0 Å². The number of aromatic nitrogens is 2. The van der Waals surface area contributed by atoms with Crippen LogP contribution in [0.5, 0.6) is 0 Å². The number of aryl methyl sites for hydroxylation is 2. The normalized spacial score (nSPS) is 12.2. The van der Waals surface area contributed by atoms with Gasteiger partial charge in [-0.3, -0.25) is 0 Å². The number of fused-ring (bicyclic) bond motifs is 6. The molecular formula is C39H25F5N2. The first-order valence-electron chi connectivity index (χ1n) is 14.8. The molecule has 226 valence electrons. The average Bonchev–Trinajstić information content (AvgIpc) is 3.52. The van der Waals surface area contributed by atoms with E-state index >= 15 is 22.0 Å². The van der Waals surface area contributed by atoms with Crippen LogP contribution in [-0.2, 0) is 6.18 Å². The predicted octanol–water partition coefficient (Wildman–Crippen LogP) is 11.5. The van der Waals surface area contributed by atoms with E-state index in [1.165, 1.54) is 6.07 Å². The van der Waals surface area contributed by atoms with Crippen molar-refractivity contribution in [2.45, 2.75) is 20.0 Å². The molecule has 0 aliphatic heterocycles. The first-order chi connectivity index (χ1) is 22.1. The number of nitrogens with zero attached hydrogens (tertiary/aromatic N) is 2. The van der Waals surface area contributed by atoms with Crippen molar-refractivity contribution in [3.63, 3.8) is 0 Å². The fourth-order valence-corrected chi connectivity index (χ4v) is 6.81. The molecule has 2 heterocycles. The van der Waals surface area contributed by atoms with Gasteiger partial charge in [0, 0.05) is 27.1 Å². The Morgan fingerprint density at radius 3 is 1.43 bits per heavy atom. The summed E-state index contributed by atoms with van der Waals surface area (Å²) in [6.45, 7) is 3.88. The van der Waals surface area contributed by atoms with E-state index in [4.69, 9.17) is 0 Å². The van der Waals surface area contributed by atoms with E-state index < -0.39 is 34.5 Å². The molecule has 0 radical (unpaired) electrons. The van der Waals surface area contributed by atoms with Gasteiger partial charge in [-0.05, 0) is 73.5 Å². The lowest BCUT2D eigenvalue weighted by Gasteiger charge is -2.22. The Hall–Kier alpha value is -5.43. The fraction of sp³-hybridized carbons (Fsp3) is 0.0769. The van der Waals surface area contributed by atoms with Gasteiger partial charge in [0.1, 0.15) is 11.6 Å². The molecule has 6 aromatic carbocycles. The lowest BCUT2D eigenvalue weighted by molar-refractivity contribution is -0.137. The zero-order valence-corrected chi connectivity index (χ0v) is 24.8. The van der Waals surface area contributed by atoms with Crippen molar-refractivity contribution < 1.29 is 22.0 Å². The summed E-state index contributed by atoms with van der Waals surface area (Å²) in [5.41, 5.74) is 2.99. The van der Waals surface area contributed by atoms with Crippen LogP contribution in [0.3, 0.4) is 0 Å². The highest BCUT2D eigenvalue weighted by Gasteiger charge is 2.37. The standard InChI is InChI=1S/C39H25F5N2/c1-22-14-16-26-24-8-3-5-12-32(24)45(34(26)18-22)36-20-28(38-30(40)10-7-11-31(38)41)29(39(42,43)44)21-37(36)46-33-13-6-4-9-25(33)27-17-15-23(2)19-35(27)46/h3-21H,1-2H3. The minimum Gasteiger partial charge on any atom is -0.307 e. The molecule has 46 heavy (non-hydrogen) atoms. The number of alkyl halides is 3. The Morgan fingerprint density at radius 1 is 0.478 bits per heavy atom. The summed E-state index contributed by atoms with van der Waals surface area (Å²) in [6, 6.07) is 32.5. The summed E-state index contributed by atoms with van der Waals surface area (Å²) in [7, 11) is 0. The van der Waals surface area contributed by atoms with Crippen molar-refractivity contribution in [2.24, 2.45) is 0 Å². The average molecular weight is 617 g/mol. The summed E-state index contributed by atoms with van der Waals surface area (Å²) in [4.78, 5) is 0. The third kappa shape index (κ3) is 4.15. The monoisotopic (exact) mass is 616 g/mol. The summed E-state index contributed by atoms with van der Waals surface area (Å²) in [5, 5.41) is 3.56. The SMILES string of the molecule is Cc1ccc2c3ccccc3n(-c3cc(-c4c(F)cccc4F)c(C(F)(F)F)cc3-n3c4ccccc4c4ccc(C)cc43)c2c1. The van der Waals surface area contributed by atoms with E-state index in [0.717, 1.165) is 73.5 Å². The maximum atomic E-state index is 15.4. The predicted molar refractivity (Wildman–Crippen MR) is 175 cm³/mol. The minimum atomic E-state index is -4.93. The summed E-state index contributed by atoms with van der Waals surface area (Å²) >= 11 is 0. The van der Waals surface area contributed by atoms with Crippen LogP contribution >= 0.6 is 0 Å². The van der Waals surface area contributed by atoms with Gasteiger partial charge in [-0.25, -0.2) is 8.78 Å². The lowest BCUT2D eigenvalue weighted by Crippen LogP contribution is -2.13. The maximum absolute atomic E-state index is 15.4. The van der Waals surface area contributed by atoms with E-state index in [0.29, 0.717) is 11.2 Å². The molecule has 0 aliphatic rings. The molecule has 8 aromatic rings. The Kier molecular flexibility index (Phi) is 6.13. The Morgan fingerprint density at radius 2 is 0.935 bits per heavy atom. The van der Waals surface area contributed by atoms with E-state index in [1.807, 2.05) is 108 Å². The fourth-order valence-electron chi connectivity index (χ4n) is 6.81. The van der Waals surface area contributed by atoms with E-state index in [-0.39, 0.29) is 5.69 Å². The molecule has 0 saturated heterocycles. The first kappa shape index (κ1) is 28.1. The van der Waals surface area contributed by atoms with E-state index in [2.05, 4.69) is 0 Å². The molecule has 0 amide bonds. The molecular weight excluding hydrogens is 591 g/mol. The summed E-state index contributed by atoms with van der Waals surface area (Å²) < 4.78 is 79.7. The van der Waals surface area contributed by atoms with Gasteiger partial charge in [-0.15, -0.1) is 0 Å². The van der Waals surface area contributed by atoms with Crippen LogP contribution in [0.25, 0.3) is 66.1 Å². The highest BCUT2D eigenvalue weighted by molar-refractivity contribution is 6.12. The Balaban J connectivity index is 1.63. The van der Waals surface area contributed by atoms with Crippen molar-refractivity contribution in [1.82, 2.24) is 9.13 Å². The van der Waals surface area contributed by atoms with Crippen LogP contribution in [-0.4, -0.2) is 9.13 Å². The van der Waals surface area contributed by atoms with Gasteiger partial charge in [-0.1, -0.05) is 66.7 Å². The molecule has 0 fully saturated rings. The van der Waals surface area contributed by atoms with Gasteiger partial charge >= 0.3 is 6.18 Å². The van der Waals surface area contributed by atoms with E-state index in [1.54, 1.807) is 0 Å². The third-order valence-corrected chi connectivity index (χ3v) is 8.79. The van der Waals surface area contributed by atoms with Crippen LogP contribution in [0.2, 0.25) is 0 Å². The van der Waals surface area contributed by atoms with Gasteiger partial charge in [-0.2, -0.15) is 13.2 Å². The molecule has 0 unspecified atom stereocenters. The molecule has 8 rings (SSSR count). The van der Waals surface area contributed by atoms with Crippen LogP contribution < -0.4 is 0 Å². The van der Waals surface area contributed by atoms with Crippen LogP contribution in [0.4, 0.5) is 22.0 Å². The number of hydrogen-bond donors (Lipinski definition) is 0. The summed E-state index contributed by atoms with van der Waals surface area (Å²) in [5.74, 6) is -2.15. The molecule has 2 nitrogen and oxygen atoms in total. The van der Waals surface area contributed by atoms with Crippen molar-refractivity contribution in [3.8, 4) is 22.5 Å². The molecule has 0 saturated carbocycles. The van der Waals surface area contributed by atoms with Crippen LogP contribution in [0, 0.1) is 25.5 Å². The first-order valence-corrected chi connectivity index (χ1v) is 14.8. The number of rotatable bonds is 3. The van der Waals surface area contributed by atoms with Crippen molar-refractivity contribution in [3.05, 3.63) is 144 Å². The van der Waals surface area contributed by atoms with Gasteiger partial charge in [0.05, 0.1) is 44.6 Å². The maximum Gasteiger partial charge on any atom is 0.417 e. The van der Waals surface area contributed by atoms with Gasteiger partial charge < -0.3 is 9.13 Å². The second kappa shape index (κ2) is 10.0. The molecule has 0 spiro atoms. The molecule has 2 aromatic heterocycles. The molecule has 0 bridgehead atoms. The topological polar surface area (TPSA) is 9.86 Å². The van der Waals surface area contributed by atoms with Crippen molar-refractivity contribution >= 4 is 43.6 Å². The quantitative estimate of drug-likeness (QED) is 0.175. The molecule has 0 aliphatic carbocycles. The number of benzene rings is 6. The molecule has 0 atom stereocenters. The summed E-state index contributed by atoms with van der Waals surface area (Å²) in [6.07, 6.45) is -4.93. The second-order valence-corrected chi connectivity index (χ2v) is 11.7. The van der Waals surface area contributed by atoms with Crippen molar-refractivity contribution in [1.29, 1.82) is 0 Å². The molecule has 7 heteroatoms. The zero-order chi connectivity index (χ0) is 31.9. The van der Waals surface area contributed by atoms with Crippen LogP contribution in [0.1, 0.15) is 16.7 Å². The number of hydrogen-bond acceptors (Lipinski definition) is 0. The number of para-hydroxylation sites is 2. The van der Waals surface area contributed by atoms with E-state index in [9.17, 15) is 0 Å². The van der Waals surface area contributed by atoms with Gasteiger partial charge in [0.2, 0.25) is 0 Å². The largest absolute Gasteiger partial charge is 0.417 e. The lowest BCUT2D eigenvalue weighted by atomic mass is 9.96. The van der Waals surface area contributed by atoms with Gasteiger partial charge in [0.15, 0.2) is 0 Å². The highest BCUT2D eigenvalue weighted by atomic mass is 19.4. The second-order valence-electron chi connectivity index (χ2n) is 11.7.